The maximum absolute atomic E-state index is 12.7. The van der Waals surface area contributed by atoms with Crippen LogP contribution in [0.4, 0.5) is 11.5 Å². The highest BCUT2D eigenvalue weighted by molar-refractivity contribution is 6.04. The van der Waals surface area contributed by atoms with Crippen molar-refractivity contribution in [2.24, 2.45) is 14.1 Å². The van der Waals surface area contributed by atoms with Crippen LogP contribution in [0.2, 0.25) is 0 Å². The second kappa shape index (κ2) is 7.35. The molecule has 0 radical (unpaired) electrons. The molecule has 25 heavy (non-hydrogen) atoms. The molecule has 0 saturated heterocycles. The topological polar surface area (TPSA) is 108 Å². The number of hydrogen-bond donors (Lipinski definition) is 2. The van der Waals surface area contributed by atoms with Crippen molar-refractivity contribution in [1.29, 1.82) is 0 Å². The molecule has 0 aliphatic carbocycles. The minimum absolute atomic E-state index is 0.139. The first-order valence-corrected chi connectivity index (χ1v) is 7.72. The molecule has 0 amide bonds. The van der Waals surface area contributed by atoms with E-state index in [1.54, 1.807) is 14.0 Å². The average molecular weight is 346 g/mol. The maximum Gasteiger partial charge on any atom is 0.332 e. The van der Waals surface area contributed by atoms with E-state index in [1.807, 2.05) is 24.3 Å². The van der Waals surface area contributed by atoms with Crippen LogP contribution in [-0.2, 0) is 25.4 Å². The summed E-state index contributed by atoms with van der Waals surface area (Å²) in [5, 5.41) is 3.05. The number of methoxy groups -OCH3 is 1. The molecule has 0 unspecified atom stereocenters. The minimum atomic E-state index is -0.703. The Labute approximate surface area is 144 Å². The summed E-state index contributed by atoms with van der Waals surface area (Å²) >= 11 is 0. The predicted molar refractivity (Wildman–Crippen MR) is 95.9 cm³/mol. The van der Waals surface area contributed by atoms with Gasteiger partial charge in [0.05, 0.1) is 12.6 Å². The van der Waals surface area contributed by atoms with Gasteiger partial charge in [-0.1, -0.05) is 12.1 Å². The lowest BCUT2D eigenvalue weighted by atomic mass is 10.1. The Hall–Kier alpha value is -2.87. The molecule has 1 atom stereocenters. The Morgan fingerprint density at radius 3 is 2.60 bits per heavy atom. The lowest BCUT2D eigenvalue weighted by molar-refractivity contribution is 0.0973. The number of anilines is 2. The van der Waals surface area contributed by atoms with Crippen molar-refractivity contribution in [3.05, 3.63) is 56.2 Å². The fourth-order valence-electron chi connectivity index (χ4n) is 2.54. The molecule has 0 bridgehead atoms. The first-order valence-electron chi connectivity index (χ1n) is 7.72. The molecular weight excluding hydrogens is 324 g/mol. The Morgan fingerprint density at radius 2 is 1.96 bits per heavy atom. The summed E-state index contributed by atoms with van der Waals surface area (Å²) in [4.78, 5) is 36.9. The van der Waals surface area contributed by atoms with E-state index in [9.17, 15) is 14.4 Å². The first kappa shape index (κ1) is 18.5. The van der Waals surface area contributed by atoms with Crippen LogP contribution in [0.5, 0.6) is 0 Å². The molecule has 8 nitrogen and oxygen atoms in total. The third-order valence-electron chi connectivity index (χ3n) is 3.97. The lowest BCUT2D eigenvalue weighted by Crippen LogP contribution is -2.43. The molecular formula is C17H22N4O4. The Bertz CT molecular complexity index is 914. The van der Waals surface area contributed by atoms with Gasteiger partial charge in [-0.2, -0.15) is 0 Å². The summed E-state index contributed by atoms with van der Waals surface area (Å²) in [5.41, 5.74) is 6.03. The molecule has 1 aromatic carbocycles. The lowest BCUT2D eigenvalue weighted by Gasteiger charge is -2.17. The molecule has 0 saturated carbocycles. The van der Waals surface area contributed by atoms with Gasteiger partial charge in [0.15, 0.2) is 5.78 Å². The van der Waals surface area contributed by atoms with Crippen LogP contribution in [-0.4, -0.2) is 28.1 Å². The summed E-state index contributed by atoms with van der Waals surface area (Å²) in [6.45, 7) is 2.08. The van der Waals surface area contributed by atoms with Crippen LogP contribution in [0.25, 0.3) is 0 Å². The molecule has 3 N–H and O–H groups in total. The molecule has 0 fully saturated rings. The number of carbonyl (C=O) groups excluding carboxylic acids is 1. The van der Waals surface area contributed by atoms with Crippen LogP contribution < -0.4 is 22.3 Å². The Kier molecular flexibility index (Phi) is 5.43. The highest BCUT2D eigenvalue weighted by atomic mass is 16.5. The number of ketones is 1. The normalized spacial score (nSPS) is 12.0. The standard InChI is InChI=1S/C17H22N4O4/c1-10(19-12-7-5-6-11(8-12)9-25-4)14(22)13-15(18)20(2)17(24)21(3)16(13)23/h5-8,10,19H,9,18H2,1-4H3/t10-/m1/s1. The molecule has 134 valence electrons. The number of nitrogen functional groups attached to an aromatic ring is 1. The monoisotopic (exact) mass is 346 g/mol. The number of ether oxygens (including phenoxy) is 1. The number of benzene rings is 1. The van der Waals surface area contributed by atoms with Crippen molar-refractivity contribution in [1.82, 2.24) is 9.13 Å². The van der Waals surface area contributed by atoms with E-state index in [-0.39, 0.29) is 11.4 Å². The van der Waals surface area contributed by atoms with E-state index in [1.165, 1.54) is 14.1 Å². The van der Waals surface area contributed by atoms with E-state index in [0.29, 0.717) is 6.61 Å². The van der Waals surface area contributed by atoms with E-state index in [2.05, 4.69) is 5.32 Å². The second-order valence-corrected chi connectivity index (χ2v) is 5.83. The van der Waals surface area contributed by atoms with E-state index < -0.39 is 23.1 Å². The Morgan fingerprint density at radius 1 is 1.28 bits per heavy atom. The van der Waals surface area contributed by atoms with Crippen LogP contribution >= 0.6 is 0 Å². The van der Waals surface area contributed by atoms with Gasteiger partial charge in [0.1, 0.15) is 11.4 Å². The van der Waals surface area contributed by atoms with Crippen molar-refractivity contribution in [3.63, 3.8) is 0 Å². The average Bonchev–Trinajstić information content (AvgIpc) is 2.59. The van der Waals surface area contributed by atoms with Crippen LogP contribution in [0.3, 0.4) is 0 Å². The van der Waals surface area contributed by atoms with Gasteiger partial charge in [0, 0.05) is 26.9 Å². The number of rotatable bonds is 6. The number of Topliss-reactive ketones (excluding diaryl/α,β-unsaturated/α-hetero) is 1. The minimum Gasteiger partial charge on any atom is -0.384 e. The quantitative estimate of drug-likeness (QED) is 0.737. The summed E-state index contributed by atoms with van der Waals surface area (Å²) in [6.07, 6.45) is 0. The zero-order valence-electron chi connectivity index (χ0n) is 14.7. The fraction of sp³-hybridized carbons (Fsp3) is 0.353. The molecule has 2 aromatic rings. The fourth-order valence-corrected chi connectivity index (χ4v) is 2.54. The molecule has 0 aliphatic heterocycles. The summed E-state index contributed by atoms with van der Waals surface area (Å²) in [5.74, 6) is -0.620. The summed E-state index contributed by atoms with van der Waals surface area (Å²) in [6, 6.07) is 6.71. The van der Waals surface area contributed by atoms with E-state index >= 15 is 0 Å². The van der Waals surface area contributed by atoms with E-state index in [4.69, 9.17) is 10.5 Å². The zero-order valence-corrected chi connectivity index (χ0v) is 14.7. The highest BCUT2D eigenvalue weighted by Gasteiger charge is 2.24. The highest BCUT2D eigenvalue weighted by Crippen LogP contribution is 2.15. The number of hydrogen-bond acceptors (Lipinski definition) is 6. The molecule has 1 aromatic heterocycles. The molecule has 1 heterocycles. The molecule has 8 heteroatoms. The largest absolute Gasteiger partial charge is 0.384 e. The van der Waals surface area contributed by atoms with Gasteiger partial charge in [0.25, 0.3) is 5.56 Å². The molecule has 0 spiro atoms. The van der Waals surface area contributed by atoms with Gasteiger partial charge in [0.2, 0.25) is 0 Å². The van der Waals surface area contributed by atoms with Crippen molar-refractivity contribution in [2.45, 2.75) is 19.6 Å². The number of nitrogens with one attached hydrogen (secondary N) is 1. The predicted octanol–water partition coefficient (Wildman–Crippen LogP) is 0.496. The first-order chi connectivity index (χ1) is 11.8. The molecule has 2 rings (SSSR count). The number of nitrogens with two attached hydrogens (primary N) is 1. The van der Waals surface area contributed by atoms with Crippen LogP contribution in [0.1, 0.15) is 22.8 Å². The summed E-state index contributed by atoms with van der Waals surface area (Å²) < 4.78 is 7.04. The van der Waals surface area contributed by atoms with Gasteiger partial charge in [-0.15, -0.1) is 0 Å². The van der Waals surface area contributed by atoms with Gasteiger partial charge < -0.3 is 15.8 Å². The van der Waals surface area contributed by atoms with Crippen molar-refractivity contribution in [2.75, 3.05) is 18.2 Å². The van der Waals surface area contributed by atoms with Crippen LogP contribution in [0.15, 0.2) is 33.9 Å². The summed E-state index contributed by atoms with van der Waals surface area (Å²) in [7, 11) is 4.33. The van der Waals surface area contributed by atoms with Gasteiger partial charge >= 0.3 is 5.69 Å². The third-order valence-corrected chi connectivity index (χ3v) is 3.97. The Balaban J connectivity index is 2.34. The van der Waals surface area contributed by atoms with Gasteiger partial charge in [-0.05, 0) is 24.6 Å². The number of carbonyl (C=O) groups is 1. The second-order valence-electron chi connectivity index (χ2n) is 5.83. The smallest absolute Gasteiger partial charge is 0.332 e. The van der Waals surface area contributed by atoms with Crippen LogP contribution in [0, 0.1) is 0 Å². The number of nitrogens with zero attached hydrogens (tertiary/aromatic N) is 2. The van der Waals surface area contributed by atoms with Gasteiger partial charge in [-0.3, -0.25) is 18.7 Å². The number of aromatic nitrogens is 2. The maximum atomic E-state index is 12.7. The SMILES string of the molecule is COCc1cccc(N[C@H](C)C(=O)c2c(N)n(C)c(=O)n(C)c2=O)c1. The van der Waals surface area contributed by atoms with Crippen molar-refractivity contribution < 1.29 is 9.53 Å². The zero-order chi connectivity index (χ0) is 18.7. The van der Waals surface area contributed by atoms with Crippen molar-refractivity contribution >= 4 is 17.3 Å². The third kappa shape index (κ3) is 3.63. The van der Waals surface area contributed by atoms with Crippen molar-refractivity contribution in [3.8, 4) is 0 Å². The van der Waals surface area contributed by atoms with Gasteiger partial charge in [-0.25, -0.2) is 4.79 Å². The van der Waals surface area contributed by atoms with E-state index in [0.717, 1.165) is 20.4 Å². The molecule has 0 aliphatic rings.